The third-order valence-electron chi connectivity index (χ3n) is 8.28. The molecule has 3 aromatic heterocycles. The number of fused-ring (bicyclic) bond motifs is 1. The second-order valence-corrected chi connectivity index (χ2v) is 13.6. The SMILES string of the molecule is Cc1sc(C(=O)c2cncnc2N[C@@H]2C[C@H](CNS(=O)(=O)O)[C@@H](O)C2)cc1[C@@H]1OCCc2ccc(N3CCCC3)nc21. The molecule has 0 spiro atoms. The van der Waals surface area contributed by atoms with Crippen LogP contribution in [-0.4, -0.2) is 77.2 Å². The van der Waals surface area contributed by atoms with Gasteiger partial charge in [0.1, 0.15) is 24.1 Å². The Balaban J connectivity index is 1.21. The lowest BCUT2D eigenvalue weighted by Gasteiger charge is -2.27. The first-order valence-corrected chi connectivity index (χ1v) is 16.4. The quantitative estimate of drug-likeness (QED) is 0.207. The Morgan fingerprint density at radius 3 is 2.83 bits per heavy atom. The summed E-state index contributed by atoms with van der Waals surface area (Å²) in [6.07, 6.45) is 5.59. The van der Waals surface area contributed by atoms with Gasteiger partial charge in [-0.1, -0.05) is 6.07 Å². The molecule has 2 aliphatic heterocycles. The number of aliphatic hydroxyl groups is 1. The molecule has 0 amide bonds. The Morgan fingerprint density at radius 2 is 2.05 bits per heavy atom. The highest BCUT2D eigenvalue weighted by atomic mass is 32.2. The minimum Gasteiger partial charge on any atom is -0.393 e. The van der Waals surface area contributed by atoms with E-state index in [1.807, 2.05) is 17.7 Å². The molecule has 224 valence electrons. The Hall–Kier alpha value is -3.01. The third-order valence-corrected chi connectivity index (χ3v) is 9.87. The number of aliphatic hydroxyl groups excluding tert-OH is 1. The molecule has 4 atom stereocenters. The van der Waals surface area contributed by atoms with Gasteiger partial charge in [0.15, 0.2) is 0 Å². The van der Waals surface area contributed by atoms with Gasteiger partial charge in [-0.25, -0.2) is 15.0 Å². The van der Waals surface area contributed by atoms with Crippen LogP contribution in [0.5, 0.6) is 0 Å². The summed E-state index contributed by atoms with van der Waals surface area (Å²) in [7, 11) is -4.35. The highest BCUT2D eigenvalue weighted by Crippen LogP contribution is 2.39. The molecule has 1 saturated heterocycles. The number of ether oxygens (including phenoxy) is 1. The molecular weight excluding hydrogens is 580 g/mol. The third kappa shape index (κ3) is 6.19. The Morgan fingerprint density at radius 1 is 1.24 bits per heavy atom. The van der Waals surface area contributed by atoms with Crippen LogP contribution in [0.25, 0.3) is 0 Å². The topological polar surface area (TPSA) is 167 Å². The molecule has 3 aromatic rings. The Bertz CT molecular complexity index is 1570. The van der Waals surface area contributed by atoms with E-state index in [4.69, 9.17) is 14.3 Å². The number of carbonyl (C=O) groups is 1. The Kier molecular flexibility index (Phi) is 8.26. The van der Waals surface area contributed by atoms with Gasteiger partial charge in [0.25, 0.3) is 0 Å². The summed E-state index contributed by atoms with van der Waals surface area (Å²) in [5.41, 5.74) is 3.31. The number of pyridine rings is 1. The van der Waals surface area contributed by atoms with Gasteiger partial charge in [0, 0.05) is 48.2 Å². The normalized spacial score (nSPS) is 24.1. The van der Waals surface area contributed by atoms with Crippen molar-refractivity contribution in [3.63, 3.8) is 0 Å². The minimum atomic E-state index is -4.35. The maximum absolute atomic E-state index is 13.8. The van der Waals surface area contributed by atoms with E-state index in [2.05, 4.69) is 32.3 Å². The van der Waals surface area contributed by atoms with Crippen LogP contribution < -0.4 is 14.9 Å². The zero-order chi connectivity index (χ0) is 29.4. The number of thiophene rings is 1. The van der Waals surface area contributed by atoms with Crippen molar-refractivity contribution in [2.45, 2.75) is 57.3 Å². The maximum atomic E-state index is 13.8. The summed E-state index contributed by atoms with van der Waals surface area (Å²) in [4.78, 5) is 31.0. The van der Waals surface area contributed by atoms with E-state index >= 15 is 0 Å². The summed E-state index contributed by atoms with van der Waals surface area (Å²) in [6.45, 7) is 4.48. The number of nitrogens with zero attached hydrogens (tertiary/aromatic N) is 4. The van der Waals surface area contributed by atoms with Gasteiger partial charge in [-0.15, -0.1) is 11.3 Å². The van der Waals surface area contributed by atoms with Crippen LogP contribution in [0.4, 0.5) is 11.6 Å². The van der Waals surface area contributed by atoms with Crippen molar-refractivity contribution in [1.29, 1.82) is 0 Å². The lowest BCUT2D eigenvalue weighted by molar-refractivity contribution is 0.0664. The first-order valence-electron chi connectivity index (χ1n) is 14.1. The number of rotatable bonds is 9. The smallest absolute Gasteiger partial charge is 0.333 e. The van der Waals surface area contributed by atoms with Gasteiger partial charge >= 0.3 is 10.3 Å². The van der Waals surface area contributed by atoms with E-state index in [0.29, 0.717) is 35.7 Å². The number of hydrogen-bond donors (Lipinski definition) is 4. The Labute approximate surface area is 248 Å². The molecule has 0 radical (unpaired) electrons. The highest BCUT2D eigenvalue weighted by Gasteiger charge is 2.35. The van der Waals surface area contributed by atoms with E-state index in [0.717, 1.165) is 41.5 Å². The van der Waals surface area contributed by atoms with Gasteiger partial charge in [0.2, 0.25) is 5.78 Å². The largest absolute Gasteiger partial charge is 0.393 e. The van der Waals surface area contributed by atoms with Crippen molar-refractivity contribution in [2.24, 2.45) is 5.92 Å². The van der Waals surface area contributed by atoms with Gasteiger partial charge in [-0.2, -0.15) is 13.1 Å². The van der Waals surface area contributed by atoms with Crippen molar-refractivity contribution < 1.29 is 27.6 Å². The fraction of sp³-hybridized carbons (Fsp3) is 0.500. The second-order valence-electron chi connectivity index (χ2n) is 11.1. The second kappa shape index (κ2) is 11.9. The van der Waals surface area contributed by atoms with Crippen molar-refractivity contribution in [3.8, 4) is 0 Å². The van der Waals surface area contributed by atoms with Crippen LogP contribution >= 0.6 is 11.3 Å². The summed E-state index contributed by atoms with van der Waals surface area (Å²) in [5.74, 6) is 0.691. The number of ketones is 1. The number of nitrogens with one attached hydrogen (secondary N) is 2. The standard InChI is InChI=1S/C28H34N6O6S2/c1-16-20(27-25-17(6-9-40-27)4-5-24(33-25)34-7-2-3-8-34)12-23(41-16)26(36)21-14-29-15-30-28(21)32-19-10-18(22(35)11-19)13-31-42(37,38)39/h4-5,12,14-15,18-19,22,27,31,35H,2-3,6-11,13H2,1H3,(H,29,30,32)(H,37,38,39)/t18-,19-,22+,27+/m1/s1. The molecule has 5 heterocycles. The highest BCUT2D eigenvalue weighted by molar-refractivity contribution is 7.83. The van der Waals surface area contributed by atoms with Crippen molar-refractivity contribution in [3.05, 3.63) is 62.9 Å². The molecule has 0 aromatic carbocycles. The van der Waals surface area contributed by atoms with Crippen molar-refractivity contribution in [1.82, 2.24) is 19.7 Å². The number of hydrogen-bond acceptors (Lipinski definition) is 11. The van der Waals surface area contributed by atoms with Crippen molar-refractivity contribution >= 4 is 39.1 Å². The predicted octanol–water partition coefficient (Wildman–Crippen LogP) is 2.68. The first kappa shape index (κ1) is 29.1. The molecule has 6 rings (SSSR count). The van der Waals surface area contributed by atoms with Crippen LogP contribution in [0.3, 0.4) is 0 Å². The average Bonchev–Trinajstić information content (AvgIpc) is 3.71. The zero-order valence-electron chi connectivity index (χ0n) is 23.2. The molecule has 0 unspecified atom stereocenters. The van der Waals surface area contributed by atoms with E-state index in [-0.39, 0.29) is 24.5 Å². The fourth-order valence-corrected chi connectivity index (χ4v) is 7.54. The summed E-state index contributed by atoms with van der Waals surface area (Å²) in [6, 6.07) is 5.89. The van der Waals surface area contributed by atoms with Crippen LogP contribution in [0.15, 0.2) is 30.7 Å². The van der Waals surface area contributed by atoms with Gasteiger partial charge in [-0.3, -0.25) is 9.35 Å². The van der Waals surface area contributed by atoms with Crippen LogP contribution in [0.1, 0.15) is 68.7 Å². The average molecular weight is 615 g/mol. The van der Waals surface area contributed by atoms with Gasteiger partial charge in [-0.05, 0) is 56.7 Å². The molecule has 12 nitrogen and oxygen atoms in total. The number of aryl methyl sites for hydroxylation is 1. The number of aromatic nitrogens is 3. The molecule has 14 heteroatoms. The van der Waals surface area contributed by atoms with Gasteiger partial charge < -0.3 is 20.1 Å². The van der Waals surface area contributed by atoms with E-state index < -0.39 is 22.3 Å². The molecule has 4 N–H and O–H groups in total. The molecular formula is C28H34N6O6S2. The number of carbonyl (C=O) groups excluding carboxylic acids is 1. The molecule has 2 fully saturated rings. The fourth-order valence-electron chi connectivity index (χ4n) is 6.11. The van der Waals surface area contributed by atoms with Crippen LogP contribution in [0, 0.1) is 12.8 Å². The van der Waals surface area contributed by atoms with E-state index in [1.165, 1.54) is 42.3 Å². The van der Waals surface area contributed by atoms with Crippen molar-refractivity contribution in [2.75, 3.05) is 36.5 Å². The maximum Gasteiger partial charge on any atom is 0.333 e. The zero-order valence-corrected chi connectivity index (χ0v) is 24.8. The monoisotopic (exact) mass is 614 g/mol. The summed E-state index contributed by atoms with van der Waals surface area (Å²) >= 11 is 1.40. The van der Waals surface area contributed by atoms with Gasteiger partial charge in [0.05, 0.1) is 28.8 Å². The minimum absolute atomic E-state index is 0.0915. The van der Waals surface area contributed by atoms with Crippen LogP contribution in [-0.2, 0) is 21.5 Å². The lowest BCUT2D eigenvalue weighted by Crippen LogP contribution is -2.32. The molecule has 1 aliphatic carbocycles. The molecule has 42 heavy (non-hydrogen) atoms. The van der Waals surface area contributed by atoms with E-state index in [9.17, 15) is 18.3 Å². The molecule has 1 saturated carbocycles. The molecule has 3 aliphatic rings. The summed E-state index contributed by atoms with van der Waals surface area (Å²) in [5, 5.41) is 13.7. The number of anilines is 2. The van der Waals surface area contributed by atoms with Crippen LogP contribution in [0.2, 0.25) is 0 Å². The predicted molar refractivity (Wildman–Crippen MR) is 157 cm³/mol. The first-order chi connectivity index (χ1) is 20.2. The van der Waals surface area contributed by atoms with E-state index in [1.54, 1.807) is 0 Å². The summed E-state index contributed by atoms with van der Waals surface area (Å²) < 4.78 is 39.4. The lowest BCUT2D eigenvalue weighted by atomic mass is 9.97. The molecule has 0 bridgehead atoms.